The van der Waals surface area contributed by atoms with Gasteiger partial charge in [0.1, 0.15) is 5.15 Å². The van der Waals surface area contributed by atoms with Crippen molar-refractivity contribution < 1.29 is 0 Å². The average Bonchev–Trinajstić information content (AvgIpc) is 2.27. The van der Waals surface area contributed by atoms with Crippen molar-refractivity contribution in [2.45, 2.75) is 4.21 Å². The fourth-order valence-electron chi connectivity index (χ4n) is 0.886. The molecule has 2 rings (SSSR count). The summed E-state index contributed by atoms with van der Waals surface area (Å²) in [5, 5.41) is 0.531. The normalized spacial score (nSPS) is 10.7. The number of hydrogen-bond donors (Lipinski definition) is 1. The number of halogens is 1. The lowest BCUT2D eigenvalue weighted by atomic mass is 10.4. The molecule has 0 aliphatic heterocycles. The number of rotatable bonds is 0. The van der Waals surface area contributed by atoms with Crippen molar-refractivity contribution in [3.63, 3.8) is 0 Å². The van der Waals surface area contributed by atoms with Crippen LogP contribution < -0.4 is 0 Å². The molecule has 1 nitrogen and oxygen atoms in total. The lowest BCUT2D eigenvalue weighted by molar-refractivity contribution is 1.42. The van der Waals surface area contributed by atoms with E-state index in [0.717, 1.165) is 14.4 Å². The van der Waals surface area contributed by atoms with Crippen LogP contribution in [0.2, 0.25) is 5.15 Å². The molecule has 0 spiro atoms. The van der Waals surface area contributed by atoms with Gasteiger partial charge in [0.05, 0.1) is 14.4 Å². The molecule has 0 unspecified atom stereocenters. The number of thiol groups is 1. The van der Waals surface area contributed by atoms with E-state index in [1.54, 1.807) is 17.4 Å². The first kappa shape index (κ1) is 7.40. The van der Waals surface area contributed by atoms with E-state index in [-0.39, 0.29) is 0 Å². The van der Waals surface area contributed by atoms with Gasteiger partial charge < -0.3 is 0 Å². The minimum absolute atomic E-state index is 0.531. The highest BCUT2D eigenvalue weighted by Gasteiger charge is 1.99. The lowest BCUT2D eigenvalue weighted by Gasteiger charge is -1.87. The van der Waals surface area contributed by atoms with E-state index in [4.69, 9.17) is 11.6 Å². The van der Waals surface area contributed by atoms with E-state index >= 15 is 0 Å². The van der Waals surface area contributed by atoms with E-state index in [0.29, 0.717) is 5.15 Å². The minimum atomic E-state index is 0.531. The average molecular weight is 202 g/mol. The molecule has 0 amide bonds. The third-order valence-electron chi connectivity index (χ3n) is 1.33. The first-order valence-corrected chi connectivity index (χ1v) is 4.65. The van der Waals surface area contributed by atoms with Crippen molar-refractivity contribution in [1.29, 1.82) is 0 Å². The van der Waals surface area contributed by atoms with Gasteiger partial charge >= 0.3 is 0 Å². The summed E-state index contributed by atoms with van der Waals surface area (Å²) in [6.45, 7) is 0. The zero-order chi connectivity index (χ0) is 7.84. The Kier molecular flexibility index (Phi) is 1.79. The fraction of sp³-hybridized carbons (Fsp3) is 0. The highest BCUT2D eigenvalue weighted by molar-refractivity contribution is 7.83. The van der Waals surface area contributed by atoms with Crippen molar-refractivity contribution in [2.24, 2.45) is 0 Å². The van der Waals surface area contributed by atoms with Crippen molar-refractivity contribution in [1.82, 2.24) is 4.98 Å². The van der Waals surface area contributed by atoms with Crippen molar-refractivity contribution in [3.05, 3.63) is 23.4 Å². The molecule has 0 atom stereocenters. The molecule has 0 aromatic carbocycles. The summed E-state index contributed by atoms with van der Waals surface area (Å²) in [7, 11) is 0. The van der Waals surface area contributed by atoms with Crippen molar-refractivity contribution in [2.75, 3.05) is 0 Å². The predicted octanol–water partition coefficient (Wildman–Crippen LogP) is 3.24. The van der Waals surface area contributed by atoms with Gasteiger partial charge in [-0.15, -0.1) is 24.0 Å². The van der Waals surface area contributed by atoms with Gasteiger partial charge in [-0.1, -0.05) is 11.6 Å². The summed E-state index contributed by atoms with van der Waals surface area (Å²) in [5.41, 5.74) is 0.924. The van der Waals surface area contributed by atoms with Gasteiger partial charge in [0.15, 0.2) is 0 Å². The first-order chi connectivity index (χ1) is 5.25. The lowest BCUT2D eigenvalue weighted by Crippen LogP contribution is -1.71. The van der Waals surface area contributed by atoms with Crippen LogP contribution in [0.4, 0.5) is 0 Å². The molecule has 0 aliphatic carbocycles. The molecule has 56 valence electrons. The highest BCUT2D eigenvalue weighted by atomic mass is 35.5. The van der Waals surface area contributed by atoms with Gasteiger partial charge in [-0.05, 0) is 18.2 Å². The molecule has 0 aliphatic rings. The summed E-state index contributed by atoms with van der Waals surface area (Å²) in [5.74, 6) is 0. The van der Waals surface area contributed by atoms with Crippen LogP contribution in [0, 0.1) is 0 Å². The maximum atomic E-state index is 5.70. The molecule has 0 bridgehead atoms. The Morgan fingerprint density at radius 3 is 3.09 bits per heavy atom. The minimum Gasteiger partial charge on any atom is -0.235 e. The number of aromatic nitrogens is 1. The number of hydrogen-bond acceptors (Lipinski definition) is 3. The quantitative estimate of drug-likeness (QED) is 0.510. The van der Waals surface area contributed by atoms with Crippen LogP contribution in [-0.4, -0.2) is 4.98 Å². The molecule has 0 N–H and O–H groups in total. The van der Waals surface area contributed by atoms with Crippen LogP contribution in [0.1, 0.15) is 0 Å². The van der Waals surface area contributed by atoms with Crippen molar-refractivity contribution in [3.8, 4) is 0 Å². The van der Waals surface area contributed by atoms with Crippen LogP contribution in [-0.2, 0) is 0 Å². The maximum Gasteiger partial charge on any atom is 0.129 e. The molecular weight excluding hydrogens is 198 g/mol. The number of pyridine rings is 1. The van der Waals surface area contributed by atoms with Crippen LogP contribution in [0.5, 0.6) is 0 Å². The molecule has 2 aromatic rings. The second kappa shape index (κ2) is 2.66. The number of thiophene rings is 1. The first-order valence-electron chi connectivity index (χ1n) is 3.01. The zero-order valence-corrected chi connectivity index (χ0v) is 7.88. The van der Waals surface area contributed by atoms with E-state index in [9.17, 15) is 0 Å². The van der Waals surface area contributed by atoms with Gasteiger partial charge in [-0.2, -0.15) is 0 Å². The Hall–Kier alpha value is -0.250. The molecular formula is C7H4ClNS2. The topological polar surface area (TPSA) is 12.9 Å². The summed E-state index contributed by atoms with van der Waals surface area (Å²) in [6, 6.07) is 5.65. The summed E-state index contributed by atoms with van der Waals surface area (Å²) in [4.78, 5) is 4.12. The Bertz CT molecular complexity index is 396. The van der Waals surface area contributed by atoms with Gasteiger partial charge in [0.2, 0.25) is 0 Å². The molecule has 0 fully saturated rings. The second-order valence-electron chi connectivity index (χ2n) is 2.10. The molecule has 2 aromatic heterocycles. The summed E-state index contributed by atoms with van der Waals surface area (Å²) < 4.78 is 2.09. The van der Waals surface area contributed by atoms with E-state index in [2.05, 4.69) is 17.6 Å². The van der Waals surface area contributed by atoms with E-state index in [1.165, 1.54) is 0 Å². The standard InChI is InChI=1S/C7H4ClNS2/c8-6-2-1-5-4(9-6)3-7(10)11-5/h1-3,10H. The Balaban J connectivity index is 2.82. The molecule has 2 heterocycles. The Labute approximate surface area is 78.4 Å². The van der Waals surface area contributed by atoms with Gasteiger partial charge in [0, 0.05) is 0 Å². The fourth-order valence-corrected chi connectivity index (χ4v) is 2.20. The SMILES string of the molecule is Sc1cc2nc(Cl)ccc2s1. The van der Waals surface area contributed by atoms with Gasteiger partial charge in [0.25, 0.3) is 0 Å². The zero-order valence-electron chi connectivity index (χ0n) is 5.41. The van der Waals surface area contributed by atoms with Crippen molar-refractivity contribution >= 4 is 45.8 Å². The van der Waals surface area contributed by atoms with Gasteiger partial charge in [-0.25, -0.2) is 4.98 Å². The molecule has 4 heteroatoms. The summed E-state index contributed by atoms with van der Waals surface area (Å²) in [6.07, 6.45) is 0. The predicted molar refractivity (Wildman–Crippen MR) is 51.9 cm³/mol. The van der Waals surface area contributed by atoms with E-state index < -0.39 is 0 Å². The Morgan fingerprint density at radius 2 is 2.27 bits per heavy atom. The third kappa shape index (κ3) is 1.36. The smallest absolute Gasteiger partial charge is 0.129 e. The van der Waals surface area contributed by atoms with Crippen LogP contribution in [0.3, 0.4) is 0 Å². The molecule has 0 radical (unpaired) electrons. The number of fused-ring (bicyclic) bond motifs is 1. The number of nitrogens with zero attached hydrogens (tertiary/aromatic N) is 1. The van der Waals surface area contributed by atoms with Crippen LogP contribution in [0.25, 0.3) is 10.2 Å². The van der Waals surface area contributed by atoms with E-state index in [1.807, 2.05) is 12.1 Å². The van der Waals surface area contributed by atoms with Crippen LogP contribution >= 0.6 is 35.6 Å². The van der Waals surface area contributed by atoms with Gasteiger partial charge in [-0.3, -0.25) is 0 Å². The largest absolute Gasteiger partial charge is 0.235 e. The molecule has 11 heavy (non-hydrogen) atoms. The highest BCUT2D eigenvalue weighted by Crippen LogP contribution is 2.27. The summed E-state index contributed by atoms with van der Waals surface area (Å²) >= 11 is 11.5. The Morgan fingerprint density at radius 1 is 1.45 bits per heavy atom. The maximum absolute atomic E-state index is 5.70. The third-order valence-corrected chi connectivity index (χ3v) is 2.83. The van der Waals surface area contributed by atoms with Crippen LogP contribution in [0.15, 0.2) is 22.4 Å². The second-order valence-corrected chi connectivity index (χ2v) is 4.36. The molecule has 0 saturated heterocycles. The monoisotopic (exact) mass is 201 g/mol. The molecule has 0 saturated carbocycles.